The third-order valence-corrected chi connectivity index (χ3v) is 4.24. The minimum Gasteiger partial charge on any atom is -0.356 e. The fourth-order valence-electron chi connectivity index (χ4n) is 2.71. The number of amides is 1. The fourth-order valence-corrected chi connectivity index (χ4v) is 2.71. The maximum atomic E-state index is 11.9. The smallest absolute Gasteiger partial charge is 0.220 e. The Hall–Kier alpha value is -1.35. The second-order valence-electron chi connectivity index (χ2n) is 6.18. The molecular formula is C17H26N2O. The second-order valence-corrected chi connectivity index (χ2v) is 6.18. The van der Waals surface area contributed by atoms with Gasteiger partial charge in [0.05, 0.1) is 0 Å². The van der Waals surface area contributed by atoms with Gasteiger partial charge in [0.2, 0.25) is 5.91 Å². The molecular weight excluding hydrogens is 248 g/mol. The van der Waals surface area contributed by atoms with Gasteiger partial charge in [0.1, 0.15) is 0 Å². The molecule has 0 spiro atoms. The lowest BCUT2D eigenvalue weighted by molar-refractivity contribution is -0.121. The number of rotatable bonds is 6. The summed E-state index contributed by atoms with van der Waals surface area (Å²) in [5, 5.41) is 6.48. The molecule has 20 heavy (non-hydrogen) atoms. The summed E-state index contributed by atoms with van der Waals surface area (Å²) >= 11 is 0. The van der Waals surface area contributed by atoms with Gasteiger partial charge in [-0.25, -0.2) is 0 Å². The van der Waals surface area contributed by atoms with Crippen molar-refractivity contribution in [2.24, 2.45) is 5.41 Å². The van der Waals surface area contributed by atoms with Crippen LogP contribution in [0.25, 0.3) is 0 Å². The highest BCUT2D eigenvalue weighted by atomic mass is 16.1. The summed E-state index contributed by atoms with van der Waals surface area (Å²) < 4.78 is 0. The Labute approximate surface area is 122 Å². The Kier molecular flexibility index (Phi) is 5.60. The molecule has 0 saturated carbocycles. The van der Waals surface area contributed by atoms with Crippen LogP contribution in [0.2, 0.25) is 0 Å². The summed E-state index contributed by atoms with van der Waals surface area (Å²) in [5.41, 5.74) is 1.59. The predicted molar refractivity (Wildman–Crippen MR) is 82.6 cm³/mol. The zero-order chi connectivity index (χ0) is 14.3. The molecule has 0 atom stereocenters. The molecule has 1 aliphatic rings. The quantitative estimate of drug-likeness (QED) is 0.837. The molecule has 2 N–H and O–H groups in total. The first-order valence-corrected chi connectivity index (χ1v) is 7.69. The SMILES string of the molecule is CC1(CNC(=O)CCCc2ccccc2)CCNCC1. The molecule has 3 nitrogen and oxygen atoms in total. The monoisotopic (exact) mass is 274 g/mol. The summed E-state index contributed by atoms with van der Waals surface area (Å²) in [5.74, 6) is 0.195. The van der Waals surface area contributed by atoms with Crippen LogP contribution in [0.4, 0.5) is 0 Å². The van der Waals surface area contributed by atoms with Crippen LogP contribution < -0.4 is 10.6 Å². The summed E-state index contributed by atoms with van der Waals surface area (Å²) in [6.07, 6.45) is 4.83. The third kappa shape index (κ3) is 4.97. The van der Waals surface area contributed by atoms with Crippen molar-refractivity contribution in [1.29, 1.82) is 0 Å². The molecule has 0 radical (unpaired) electrons. The molecule has 0 aromatic heterocycles. The zero-order valence-corrected chi connectivity index (χ0v) is 12.5. The number of piperidine rings is 1. The van der Waals surface area contributed by atoms with Crippen LogP contribution in [0.3, 0.4) is 0 Å². The highest BCUT2D eigenvalue weighted by molar-refractivity contribution is 5.75. The lowest BCUT2D eigenvalue weighted by Crippen LogP contribution is -2.42. The molecule has 0 unspecified atom stereocenters. The van der Waals surface area contributed by atoms with Gasteiger partial charge in [-0.2, -0.15) is 0 Å². The molecule has 1 aromatic carbocycles. The van der Waals surface area contributed by atoms with Crippen LogP contribution in [-0.2, 0) is 11.2 Å². The van der Waals surface area contributed by atoms with Crippen LogP contribution in [-0.4, -0.2) is 25.5 Å². The Bertz CT molecular complexity index is 410. The standard InChI is InChI=1S/C17H26N2O/c1-17(10-12-18-13-11-17)14-19-16(20)9-5-8-15-6-3-2-4-7-15/h2-4,6-7,18H,5,8-14H2,1H3,(H,19,20). The van der Waals surface area contributed by atoms with E-state index < -0.39 is 0 Å². The van der Waals surface area contributed by atoms with E-state index in [9.17, 15) is 4.79 Å². The van der Waals surface area contributed by atoms with Gasteiger partial charge in [0.25, 0.3) is 0 Å². The van der Waals surface area contributed by atoms with Gasteiger partial charge in [-0.1, -0.05) is 37.3 Å². The van der Waals surface area contributed by atoms with Gasteiger partial charge in [0.15, 0.2) is 0 Å². The topological polar surface area (TPSA) is 41.1 Å². The van der Waals surface area contributed by atoms with E-state index in [2.05, 4.69) is 29.7 Å². The van der Waals surface area contributed by atoms with E-state index >= 15 is 0 Å². The lowest BCUT2D eigenvalue weighted by Gasteiger charge is -2.34. The van der Waals surface area contributed by atoms with Crippen molar-refractivity contribution in [3.8, 4) is 0 Å². The van der Waals surface area contributed by atoms with E-state index in [4.69, 9.17) is 0 Å². The maximum absolute atomic E-state index is 11.9. The molecule has 1 saturated heterocycles. The first kappa shape index (κ1) is 15.0. The molecule has 1 fully saturated rings. The fraction of sp³-hybridized carbons (Fsp3) is 0.588. The van der Waals surface area contributed by atoms with E-state index in [1.54, 1.807) is 0 Å². The van der Waals surface area contributed by atoms with Gasteiger partial charge in [0, 0.05) is 13.0 Å². The van der Waals surface area contributed by atoms with Crippen LogP contribution >= 0.6 is 0 Å². The Balaban J connectivity index is 1.63. The minimum atomic E-state index is 0.195. The van der Waals surface area contributed by atoms with Gasteiger partial charge in [-0.3, -0.25) is 4.79 Å². The zero-order valence-electron chi connectivity index (χ0n) is 12.5. The third-order valence-electron chi connectivity index (χ3n) is 4.24. The van der Waals surface area contributed by atoms with Crippen LogP contribution in [0.1, 0.15) is 38.2 Å². The maximum Gasteiger partial charge on any atom is 0.220 e. The van der Waals surface area contributed by atoms with Crippen molar-refractivity contribution in [1.82, 2.24) is 10.6 Å². The van der Waals surface area contributed by atoms with E-state index in [1.807, 2.05) is 18.2 Å². The summed E-state index contributed by atoms with van der Waals surface area (Å²) in [6.45, 7) is 5.23. The molecule has 3 heteroatoms. The largest absolute Gasteiger partial charge is 0.356 e. The van der Waals surface area contributed by atoms with E-state index in [0.717, 1.165) is 45.3 Å². The van der Waals surface area contributed by atoms with Crippen molar-refractivity contribution in [3.63, 3.8) is 0 Å². The highest BCUT2D eigenvalue weighted by Crippen LogP contribution is 2.26. The van der Waals surface area contributed by atoms with Crippen LogP contribution in [0.15, 0.2) is 30.3 Å². The van der Waals surface area contributed by atoms with Crippen molar-refractivity contribution < 1.29 is 4.79 Å². The molecule has 1 aliphatic heterocycles. The summed E-state index contributed by atoms with van der Waals surface area (Å²) in [6, 6.07) is 10.4. The average molecular weight is 274 g/mol. The molecule has 1 aromatic rings. The number of carbonyl (C=O) groups excluding carboxylic acids is 1. The van der Waals surface area contributed by atoms with Gasteiger partial charge < -0.3 is 10.6 Å². The first-order chi connectivity index (χ1) is 9.68. The van der Waals surface area contributed by atoms with Crippen molar-refractivity contribution in [3.05, 3.63) is 35.9 Å². The van der Waals surface area contributed by atoms with Crippen LogP contribution in [0.5, 0.6) is 0 Å². The Morgan fingerprint density at radius 3 is 2.65 bits per heavy atom. The molecule has 2 rings (SSSR count). The molecule has 0 bridgehead atoms. The Morgan fingerprint density at radius 1 is 1.25 bits per heavy atom. The normalized spacial score (nSPS) is 17.6. The highest BCUT2D eigenvalue weighted by Gasteiger charge is 2.26. The van der Waals surface area contributed by atoms with Crippen molar-refractivity contribution >= 4 is 5.91 Å². The number of hydrogen-bond acceptors (Lipinski definition) is 2. The number of hydrogen-bond donors (Lipinski definition) is 2. The predicted octanol–water partition coefficient (Wildman–Crippen LogP) is 2.52. The van der Waals surface area contributed by atoms with Crippen molar-refractivity contribution in [2.45, 2.75) is 39.0 Å². The van der Waals surface area contributed by atoms with Gasteiger partial charge >= 0.3 is 0 Å². The number of aryl methyl sites for hydroxylation is 1. The number of nitrogens with one attached hydrogen (secondary N) is 2. The Morgan fingerprint density at radius 2 is 1.95 bits per heavy atom. The van der Waals surface area contributed by atoms with Crippen molar-refractivity contribution in [2.75, 3.05) is 19.6 Å². The van der Waals surface area contributed by atoms with Crippen LogP contribution in [0, 0.1) is 5.41 Å². The van der Waals surface area contributed by atoms with Gasteiger partial charge in [-0.15, -0.1) is 0 Å². The molecule has 1 heterocycles. The number of benzene rings is 1. The summed E-state index contributed by atoms with van der Waals surface area (Å²) in [4.78, 5) is 11.9. The number of carbonyl (C=O) groups is 1. The van der Waals surface area contributed by atoms with E-state index in [0.29, 0.717) is 6.42 Å². The van der Waals surface area contributed by atoms with E-state index in [-0.39, 0.29) is 11.3 Å². The van der Waals surface area contributed by atoms with E-state index in [1.165, 1.54) is 5.56 Å². The lowest BCUT2D eigenvalue weighted by atomic mass is 9.81. The minimum absolute atomic E-state index is 0.195. The molecule has 0 aliphatic carbocycles. The summed E-state index contributed by atoms with van der Waals surface area (Å²) in [7, 11) is 0. The first-order valence-electron chi connectivity index (χ1n) is 7.69. The van der Waals surface area contributed by atoms with Gasteiger partial charge in [-0.05, 0) is 49.8 Å². The second kappa shape index (κ2) is 7.44. The molecule has 1 amide bonds. The average Bonchev–Trinajstić information content (AvgIpc) is 2.47. The molecule has 110 valence electrons.